The van der Waals surface area contributed by atoms with Crippen LogP contribution in [0.25, 0.3) is 0 Å². The molecule has 1 saturated heterocycles. The number of nitrogens with zero attached hydrogens (tertiary/aromatic N) is 2. The van der Waals surface area contributed by atoms with E-state index in [9.17, 15) is 14.0 Å². The molecular formula is C23H26ClFN2O3. The molecule has 0 unspecified atom stereocenters. The summed E-state index contributed by atoms with van der Waals surface area (Å²) in [7, 11) is 0. The average Bonchev–Trinajstić information content (AvgIpc) is 2.99. The first-order valence-corrected chi connectivity index (χ1v) is 10.6. The summed E-state index contributed by atoms with van der Waals surface area (Å²) in [5, 5.41) is 0.0931. The van der Waals surface area contributed by atoms with E-state index in [1.54, 1.807) is 9.80 Å². The van der Waals surface area contributed by atoms with E-state index in [1.165, 1.54) is 23.8 Å². The van der Waals surface area contributed by atoms with Crippen molar-refractivity contribution in [3.8, 4) is 5.75 Å². The van der Waals surface area contributed by atoms with Gasteiger partial charge in [0.15, 0.2) is 6.61 Å². The number of aryl methyl sites for hydroxylation is 1. The molecule has 2 amide bonds. The standard InChI is InChI=1S/C23H26ClFN2O3/c1-2-5-17-8-10-18(11-9-17)30-16-21(28)26-12-4-13-27(15-14-26)23(29)22-19(24)6-3-7-20(22)25/h3,6-11H,2,4-5,12-16H2,1H3. The van der Waals surface area contributed by atoms with Gasteiger partial charge < -0.3 is 14.5 Å². The molecule has 0 aromatic heterocycles. The Kier molecular flexibility index (Phi) is 7.69. The van der Waals surface area contributed by atoms with Crippen molar-refractivity contribution in [2.75, 3.05) is 32.8 Å². The SMILES string of the molecule is CCCc1ccc(OCC(=O)N2CCCN(C(=O)c3c(F)cccc3Cl)CC2)cc1. The Bertz CT molecular complexity index is 868. The number of carbonyl (C=O) groups is 2. The summed E-state index contributed by atoms with van der Waals surface area (Å²) in [5.41, 5.74) is 1.12. The third kappa shape index (κ3) is 5.51. The van der Waals surface area contributed by atoms with Gasteiger partial charge >= 0.3 is 0 Å². The summed E-state index contributed by atoms with van der Waals surface area (Å²) >= 11 is 6.02. The van der Waals surface area contributed by atoms with E-state index < -0.39 is 11.7 Å². The van der Waals surface area contributed by atoms with Gasteiger partial charge in [0.05, 0.1) is 10.6 Å². The Hall–Kier alpha value is -2.60. The van der Waals surface area contributed by atoms with E-state index >= 15 is 0 Å². The van der Waals surface area contributed by atoms with E-state index in [2.05, 4.69) is 6.92 Å². The molecule has 7 heteroatoms. The number of ether oxygens (including phenoxy) is 1. The maximum absolute atomic E-state index is 14.1. The first kappa shape index (κ1) is 22.1. The second-order valence-electron chi connectivity index (χ2n) is 7.31. The third-order valence-electron chi connectivity index (χ3n) is 5.14. The lowest BCUT2D eigenvalue weighted by molar-refractivity contribution is -0.133. The molecule has 1 fully saturated rings. The summed E-state index contributed by atoms with van der Waals surface area (Å²) in [6, 6.07) is 11.9. The summed E-state index contributed by atoms with van der Waals surface area (Å²) in [4.78, 5) is 28.5. The van der Waals surface area contributed by atoms with Crippen LogP contribution in [0.3, 0.4) is 0 Å². The zero-order valence-corrected chi connectivity index (χ0v) is 17.8. The number of carbonyl (C=O) groups excluding carboxylic acids is 2. The lowest BCUT2D eigenvalue weighted by Gasteiger charge is -2.23. The van der Waals surface area contributed by atoms with E-state index in [0.717, 1.165) is 12.8 Å². The molecular weight excluding hydrogens is 407 g/mol. The first-order valence-electron chi connectivity index (χ1n) is 10.2. The Morgan fingerprint density at radius 1 is 1.03 bits per heavy atom. The van der Waals surface area contributed by atoms with Crippen molar-refractivity contribution in [3.63, 3.8) is 0 Å². The van der Waals surface area contributed by atoms with Gasteiger partial charge in [0.25, 0.3) is 11.8 Å². The van der Waals surface area contributed by atoms with E-state index in [1.807, 2.05) is 24.3 Å². The van der Waals surface area contributed by atoms with Gasteiger partial charge in [-0.25, -0.2) is 4.39 Å². The normalized spacial score (nSPS) is 14.4. The van der Waals surface area contributed by atoms with Crippen LogP contribution in [0.1, 0.15) is 35.7 Å². The lowest BCUT2D eigenvalue weighted by atomic mass is 10.1. The number of hydrogen-bond acceptors (Lipinski definition) is 3. The van der Waals surface area contributed by atoms with Crippen molar-refractivity contribution in [1.82, 2.24) is 9.80 Å². The highest BCUT2D eigenvalue weighted by Crippen LogP contribution is 2.21. The highest BCUT2D eigenvalue weighted by atomic mass is 35.5. The van der Waals surface area contributed by atoms with Gasteiger partial charge in [-0.05, 0) is 42.7 Å². The Morgan fingerprint density at radius 3 is 2.43 bits per heavy atom. The van der Waals surface area contributed by atoms with Crippen LogP contribution in [0, 0.1) is 5.82 Å². The van der Waals surface area contributed by atoms with Crippen LogP contribution in [0.2, 0.25) is 5.02 Å². The molecule has 3 rings (SSSR count). The van der Waals surface area contributed by atoms with Crippen molar-refractivity contribution >= 4 is 23.4 Å². The van der Waals surface area contributed by atoms with E-state index in [0.29, 0.717) is 38.3 Å². The number of halogens is 2. The van der Waals surface area contributed by atoms with Crippen molar-refractivity contribution in [1.29, 1.82) is 0 Å². The quantitative estimate of drug-likeness (QED) is 0.687. The van der Waals surface area contributed by atoms with Crippen LogP contribution < -0.4 is 4.74 Å². The molecule has 0 N–H and O–H groups in total. The van der Waals surface area contributed by atoms with Gasteiger partial charge in [-0.1, -0.05) is 43.1 Å². The van der Waals surface area contributed by atoms with E-state index in [-0.39, 0.29) is 23.1 Å². The molecule has 0 atom stereocenters. The maximum atomic E-state index is 14.1. The van der Waals surface area contributed by atoms with Crippen LogP contribution in [0.4, 0.5) is 4.39 Å². The smallest absolute Gasteiger partial charge is 0.260 e. The molecule has 160 valence electrons. The third-order valence-corrected chi connectivity index (χ3v) is 5.45. The number of amides is 2. The van der Waals surface area contributed by atoms with Crippen LogP contribution in [0.15, 0.2) is 42.5 Å². The minimum Gasteiger partial charge on any atom is -0.484 e. The predicted octanol–water partition coefficient (Wildman–Crippen LogP) is 4.19. The molecule has 0 aliphatic carbocycles. The molecule has 1 aliphatic heterocycles. The molecule has 5 nitrogen and oxygen atoms in total. The fourth-order valence-electron chi connectivity index (χ4n) is 3.51. The average molecular weight is 433 g/mol. The Morgan fingerprint density at radius 2 is 1.73 bits per heavy atom. The number of benzene rings is 2. The lowest BCUT2D eigenvalue weighted by Crippen LogP contribution is -2.39. The van der Waals surface area contributed by atoms with E-state index in [4.69, 9.17) is 16.3 Å². The van der Waals surface area contributed by atoms with Gasteiger partial charge in [-0.15, -0.1) is 0 Å². The second-order valence-corrected chi connectivity index (χ2v) is 7.71. The molecule has 1 heterocycles. The van der Waals surface area contributed by atoms with Gasteiger partial charge in [-0.2, -0.15) is 0 Å². The number of hydrogen-bond donors (Lipinski definition) is 0. The fourth-order valence-corrected chi connectivity index (χ4v) is 3.75. The summed E-state index contributed by atoms with van der Waals surface area (Å²) in [6.45, 7) is 3.72. The van der Waals surface area contributed by atoms with Crippen molar-refractivity contribution < 1.29 is 18.7 Å². The van der Waals surface area contributed by atoms with Gasteiger partial charge in [-0.3, -0.25) is 9.59 Å². The molecule has 0 saturated carbocycles. The molecule has 2 aromatic rings. The molecule has 0 bridgehead atoms. The highest BCUT2D eigenvalue weighted by molar-refractivity contribution is 6.33. The second kappa shape index (κ2) is 10.4. The van der Waals surface area contributed by atoms with Crippen LogP contribution in [0.5, 0.6) is 5.75 Å². The minimum atomic E-state index is -0.636. The van der Waals surface area contributed by atoms with Crippen molar-refractivity contribution in [2.24, 2.45) is 0 Å². The fraction of sp³-hybridized carbons (Fsp3) is 0.391. The summed E-state index contributed by atoms with van der Waals surface area (Å²) < 4.78 is 19.7. The Labute approximate surface area is 181 Å². The zero-order valence-electron chi connectivity index (χ0n) is 17.1. The first-order chi connectivity index (χ1) is 14.5. The largest absolute Gasteiger partial charge is 0.484 e. The minimum absolute atomic E-state index is 0.0553. The maximum Gasteiger partial charge on any atom is 0.260 e. The van der Waals surface area contributed by atoms with Gasteiger partial charge in [0.2, 0.25) is 0 Å². The molecule has 30 heavy (non-hydrogen) atoms. The Balaban J connectivity index is 1.54. The summed E-state index contributed by atoms with van der Waals surface area (Å²) in [5.74, 6) is -0.561. The van der Waals surface area contributed by atoms with Crippen molar-refractivity contribution in [2.45, 2.75) is 26.2 Å². The van der Waals surface area contributed by atoms with Crippen LogP contribution >= 0.6 is 11.6 Å². The zero-order chi connectivity index (χ0) is 21.5. The molecule has 1 aliphatic rings. The van der Waals surface area contributed by atoms with Crippen molar-refractivity contribution in [3.05, 3.63) is 64.4 Å². The molecule has 0 radical (unpaired) electrons. The highest BCUT2D eigenvalue weighted by Gasteiger charge is 2.26. The summed E-state index contributed by atoms with van der Waals surface area (Å²) in [6.07, 6.45) is 2.70. The van der Waals surface area contributed by atoms with Gasteiger partial charge in [0.1, 0.15) is 11.6 Å². The molecule has 2 aromatic carbocycles. The van der Waals surface area contributed by atoms with Crippen LogP contribution in [-0.2, 0) is 11.2 Å². The monoisotopic (exact) mass is 432 g/mol. The molecule has 0 spiro atoms. The van der Waals surface area contributed by atoms with Gasteiger partial charge in [0, 0.05) is 26.2 Å². The van der Waals surface area contributed by atoms with Crippen LogP contribution in [-0.4, -0.2) is 54.4 Å². The predicted molar refractivity (Wildman–Crippen MR) is 114 cm³/mol. The number of rotatable bonds is 6. The topological polar surface area (TPSA) is 49.9 Å².